The lowest BCUT2D eigenvalue weighted by Crippen LogP contribution is -2.37. The first-order valence-electron chi connectivity index (χ1n) is 8.64. The van der Waals surface area contributed by atoms with Crippen molar-refractivity contribution < 1.29 is 9.13 Å². The number of ether oxygens (including phenoxy) is 1. The Morgan fingerprint density at radius 2 is 1.81 bits per heavy atom. The third-order valence-corrected chi connectivity index (χ3v) is 4.21. The fourth-order valence-electron chi connectivity index (χ4n) is 2.79. The van der Waals surface area contributed by atoms with Crippen molar-refractivity contribution in [2.24, 2.45) is 0 Å². The topological polar surface area (TPSA) is 89.2 Å². The van der Waals surface area contributed by atoms with Gasteiger partial charge in [-0.1, -0.05) is 0 Å². The van der Waals surface area contributed by atoms with Gasteiger partial charge in [0, 0.05) is 36.6 Å². The number of rotatable bonds is 4. The van der Waals surface area contributed by atoms with Crippen LogP contribution >= 0.6 is 0 Å². The molecule has 1 aromatic carbocycles. The maximum Gasteiger partial charge on any atom is 0.228 e. The summed E-state index contributed by atoms with van der Waals surface area (Å²) in [5, 5.41) is 3.21. The van der Waals surface area contributed by atoms with Crippen LogP contribution in [0.25, 0.3) is 11.3 Å². The van der Waals surface area contributed by atoms with Crippen LogP contribution in [0, 0.1) is 5.82 Å². The van der Waals surface area contributed by atoms with Crippen molar-refractivity contribution in [2.45, 2.75) is 0 Å². The molecule has 27 heavy (non-hydrogen) atoms. The fourth-order valence-corrected chi connectivity index (χ4v) is 2.79. The van der Waals surface area contributed by atoms with Crippen molar-refractivity contribution in [3.63, 3.8) is 0 Å². The number of nitrogens with two attached hydrogens (primary N) is 1. The minimum absolute atomic E-state index is 0.286. The summed E-state index contributed by atoms with van der Waals surface area (Å²) in [6.07, 6.45) is 1.68. The second-order valence-electron chi connectivity index (χ2n) is 6.14. The Bertz CT molecular complexity index is 910. The Balaban J connectivity index is 1.71. The van der Waals surface area contributed by atoms with E-state index < -0.39 is 0 Å². The smallest absolute Gasteiger partial charge is 0.228 e. The molecule has 0 spiro atoms. The van der Waals surface area contributed by atoms with E-state index in [0.717, 1.165) is 30.0 Å². The van der Waals surface area contributed by atoms with Crippen LogP contribution in [0.2, 0.25) is 0 Å². The molecule has 0 atom stereocenters. The van der Waals surface area contributed by atoms with E-state index in [4.69, 9.17) is 15.5 Å². The van der Waals surface area contributed by atoms with E-state index >= 15 is 0 Å². The molecule has 0 unspecified atom stereocenters. The minimum Gasteiger partial charge on any atom is -0.384 e. The molecular formula is C19H19FN6O. The van der Waals surface area contributed by atoms with E-state index in [1.54, 1.807) is 24.4 Å². The van der Waals surface area contributed by atoms with Gasteiger partial charge in [-0.25, -0.2) is 14.4 Å². The minimum atomic E-state index is -0.286. The highest BCUT2D eigenvalue weighted by Gasteiger charge is 2.16. The van der Waals surface area contributed by atoms with Crippen molar-refractivity contribution in [2.75, 3.05) is 42.3 Å². The number of hydrogen-bond acceptors (Lipinski definition) is 7. The number of pyridine rings is 1. The van der Waals surface area contributed by atoms with Crippen LogP contribution in [0.15, 0.2) is 48.7 Å². The van der Waals surface area contributed by atoms with Crippen LogP contribution in [-0.2, 0) is 4.74 Å². The zero-order valence-corrected chi connectivity index (χ0v) is 14.6. The van der Waals surface area contributed by atoms with Gasteiger partial charge < -0.3 is 20.7 Å². The molecule has 0 aliphatic carbocycles. The first-order valence-corrected chi connectivity index (χ1v) is 8.64. The van der Waals surface area contributed by atoms with Crippen molar-refractivity contribution in [3.8, 4) is 11.3 Å². The number of nitrogens with zero attached hydrogens (tertiary/aromatic N) is 4. The average Bonchev–Trinajstić information content (AvgIpc) is 2.71. The molecule has 1 aliphatic heterocycles. The third kappa shape index (κ3) is 4.12. The van der Waals surface area contributed by atoms with Crippen LogP contribution < -0.4 is 16.0 Å². The zero-order valence-electron chi connectivity index (χ0n) is 14.6. The van der Waals surface area contributed by atoms with Gasteiger partial charge in [0.2, 0.25) is 5.95 Å². The third-order valence-electron chi connectivity index (χ3n) is 4.21. The lowest BCUT2D eigenvalue weighted by atomic mass is 10.2. The predicted octanol–water partition coefficient (Wildman–Crippen LogP) is 2.84. The van der Waals surface area contributed by atoms with Gasteiger partial charge in [0.15, 0.2) is 0 Å². The molecule has 0 bridgehead atoms. The van der Waals surface area contributed by atoms with Crippen LogP contribution in [0.3, 0.4) is 0 Å². The Hall–Kier alpha value is -3.26. The van der Waals surface area contributed by atoms with Gasteiger partial charge in [0.1, 0.15) is 17.5 Å². The standard InChI is InChI=1S/C19H19FN6O/c20-14-2-4-15(5-3-14)23-18-11-16(13-1-6-17(21)22-12-13)24-19(25-18)26-7-9-27-10-8-26/h1-6,11-12H,7-10H2,(H2,21,22)(H,23,24,25). The fraction of sp³-hybridized carbons (Fsp3) is 0.211. The Labute approximate surface area is 156 Å². The summed E-state index contributed by atoms with van der Waals surface area (Å²) in [6, 6.07) is 11.6. The summed E-state index contributed by atoms with van der Waals surface area (Å²) >= 11 is 0. The highest BCUT2D eigenvalue weighted by Crippen LogP contribution is 2.25. The molecule has 3 aromatic rings. The second-order valence-corrected chi connectivity index (χ2v) is 6.14. The molecule has 4 rings (SSSR count). The molecule has 138 valence electrons. The summed E-state index contributed by atoms with van der Waals surface area (Å²) in [7, 11) is 0. The molecule has 3 N–H and O–H groups in total. The Kier molecular flexibility index (Phi) is 4.80. The molecule has 2 aromatic heterocycles. The molecule has 1 aliphatic rings. The lowest BCUT2D eigenvalue weighted by Gasteiger charge is -2.27. The molecule has 0 amide bonds. The number of benzene rings is 1. The maximum atomic E-state index is 13.2. The van der Waals surface area contributed by atoms with Gasteiger partial charge >= 0.3 is 0 Å². The molecule has 8 heteroatoms. The number of nitrogen functional groups attached to an aromatic ring is 1. The quantitative estimate of drug-likeness (QED) is 0.734. The monoisotopic (exact) mass is 366 g/mol. The van der Waals surface area contributed by atoms with Crippen LogP contribution in [-0.4, -0.2) is 41.3 Å². The SMILES string of the molecule is Nc1ccc(-c2cc(Nc3ccc(F)cc3)nc(N3CCOCC3)n2)cn1. The van der Waals surface area contributed by atoms with E-state index in [2.05, 4.69) is 20.2 Å². The Morgan fingerprint density at radius 1 is 1.04 bits per heavy atom. The number of morpholine rings is 1. The predicted molar refractivity (Wildman–Crippen MR) is 102 cm³/mol. The first-order chi connectivity index (χ1) is 13.2. The highest BCUT2D eigenvalue weighted by molar-refractivity contribution is 5.67. The summed E-state index contributed by atoms with van der Waals surface area (Å²) in [5.41, 5.74) is 7.99. The zero-order chi connectivity index (χ0) is 18.6. The van der Waals surface area contributed by atoms with Crippen LogP contribution in [0.5, 0.6) is 0 Å². The van der Waals surface area contributed by atoms with Crippen molar-refractivity contribution in [1.82, 2.24) is 15.0 Å². The van der Waals surface area contributed by atoms with E-state index in [-0.39, 0.29) is 5.82 Å². The van der Waals surface area contributed by atoms with Gasteiger partial charge in [-0.2, -0.15) is 4.98 Å². The van der Waals surface area contributed by atoms with Crippen molar-refractivity contribution in [1.29, 1.82) is 0 Å². The molecule has 1 saturated heterocycles. The van der Waals surface area contributed by atoms with Gasteiger partial charge in [0.25, 0.3) is 0 Å². The van der Waals surface area contributed by atoms with Crippen LogP contribution in [0.4, 0.5) is 27.7 Å². The van der Waals surface area contributed by atoms with E-state index in [1.165, 1.54) is 12.1 Å². The molecule has 7 nitrogen and oxygen atoms in total. The highest BCUT2D eigenvalue weighted by atomic mass is 19.1. The first kappa shape index (κ1) is 17.2. The number of halogens is 1. The summed E-state index contributed by atoms with van der Waals surface area (Å²) in [5.74, 6) is 1.39. The summed E-state index contributed by atoms with van der Waals surface area (Å²) < 4.78 is 18.6. The van der Waals surface area contributed by atoms with Gasteiger partial charge in [-0.05, 0) is 36.4 Å². The van der Waals surface area contributed by atoms with Gasteiger partial charge in [-0.15, -0.1) is 0 Å². The number of nitrogens with one attached hydrogen (secondary N) is 1. The molecule has 3 heterocycles. The number of hydrogen-bond donors (Lipinski definition) is 2. The number of anilines is 4. The lowest BCUT2D eigenvalue weighted by molar-refractivity contribution is 0.122. The van der Waals surface area contributed by atoms with Gasteiger partial charge in [0.05, 0.1) is 18.9 Å². The normalized spacial score (nSPS) is 14.2. The van der Waals surface area contributed by atoms with Crippen LogP contribution in [0.1, 0.15) is 0 Å². The summed E-state index contributed by atoms with van der Waals surface area (Å²) in [4.78, 5) is 15.5. The number of aromatic nitrogens is 3. The Morgan fingerprint density at radius 3 is 2.52 bits per heavy atom. The largest absolute Gasteiger partial charge is 0.384 e. The maximum absolute atomic E-state index is 13.2. The van der Waals surface area contributed by atoms with Gasteiger partial charge in [-0.3, -0.25) is 0 Å². The molecule has 0 saturated carbocycles. The van der Waals surface area contributed by atoms with E-state index in [0.29, 0.717) is 30.8 Å². The molecule has 1 fully saturated rings. The molecular weight excluding hydrogens is 347 g/mol. The van der Waals surface area contributed by atoms with E-state index in [1.807, 2.05) is 12.1 Å². The van der Waals surface area contributed by atoms with Crippen molar-refractivity contribution in [3.05, 3.63) is 54.5 Å². The van der Waals surface area contributed by atoms with Crippen molar-refractivity contribution >= 4 is 23.3 Å². The molecule has 0 radical (unpaired) electrons. The second kappa shape index (κ2) is 7.55. The summed E-state index contributed by atoms with van der Waals surface area (Å²) in [6.45, 7) is 2.72. The van der Waals surface area contributed by atoms with E-state index in [9.17, 15) is 4.39 Å². The average molecular weight is 366 g/mol.